The molecule has 0 aliphatic heterocycles. The van der Waals surface area contributed by atoms with E-state index >= 15 is 0 Å². The fourth-order valence-corrected chi connectivity index (χ4v) is 1.75. The minimum atomic E-state index is -0.396. The van der Waals surface area contributed by atoms with Crippen LogP contribution in [0.2, 0.25) is 0 Å². The van der Waals surface area contributed by atoms with Crippen LogP contribution in [0, 0.1) is 0 Å². The second-order valence-corrected chi connectivity index (χ2v) is 4.00. The summed E-state index contributed by atoms with van der Waals surface area (Å²) in [5.74, 6) is -0.470. The molecular formula is C12H20ClNO3. The van der Waals surface area contributed by atoms with Crippen molar-refractivity contribution in [2.24, 2.45) is 5.73 Å². The van der Waals surface area contributed by atoms with Gasteiger partial charge in [-0.2, -0.15) is 0 Å². The van der Waals surface area contributed by atoms with E-state index in [1.165, 1.54) is 12.1 Å². The van der Waals surface area contributed by atoms with E-state index in [1.807, 2.05) is 0 Å². The van der Waals surface area contributed by atoms with Gasteiger partial charge in [0.1, 0.15) is 17.2 Å². The summed E-state index contributed by atoms with van der Waals surface area (Å²) in [6, 6.07) is 1.98. The van der Waals surface area contributed by atoms with E-state index < -0.39 is 6.04 Å². The summed E-state index contributed by atoms with van der Waals surface area (Å²) in [6.07, 6.45) is 3.84. The van der Waals surface area contributed by atoms with Crippen LogP contribution in [0.25, 0.3) is 0 Å². The lowest BCUT2D eigenvalue weighted by Gasteiger charge is -2.15. The first kappa shape index (κ1) is 15.9. The van der Waals surface area contributed by atoms with Gasteiger partial charge in [-0.3, -0.25) is 0 Å². The molecule has 0 amide bonds. The molecule has 0 unspecified atom stereocenters. The highest BCUT2D eigenvalue weighted by Gasteiger charge is 2.16. The van der Waals surface area contributed by atoms with E-state index in [0.717, 1.165) is 19.3 Å². The smallest absolute Gasteiger partial charge is 0.127 e. The van der Waals surface area contributed by atoms with Crippen LogP contribution in [0.5, 0.6) is 17.2 Å². The zero-order chi connectivity index (χ0) is 12.1. The molecule has 0 saturated carbocycles. The summed E-state index contributed by atoms with van der Waals surface area (Å²) in [5, 5.41) is 28.4. The number of nitrogens with two attached hydrogens (primary N) is 1. The molecule has 0 aliphatic carbocycles. The maximum atomic E-state index is 9.60. The molecule has 0 saturated heterocycles. The summed E-state index contributed by atoms with van der Waals surface area (Å²) in [5.41, 5.74) is 6.20. The second-order valence-electron chi connectivity index (χ2n) is 4.00. The normalized spacial score (nSPS) is 11.9. The molecule has 17 heavy (non-hydrogen) atoms. The summed E-state index contributed by atoms with van der Waals surface area (Å²) in [4.78, 5) is 0. The lowest BCUT2D eigenvalue weighted by atomic mass is 9.99. The van der Waals surface area contributed by atoms with Gasteiger partial charge in [-0.15, -0.1) is 12.4 Å². The number of benzene rings is 1. The molecule has 0 radical (unpaired) electrons. The molecule has 0 aromatic heterocycles. The van der Waals surface area contributed by atoms with Crippen LogP contribution in [0.1, 0.15) is 44.2 Å². The highest BCUT2D eigenvalue weighted by molar-refractivity contribution is 5.85. The van der Waals surface area contributed by atoms with Gasteiger partial charge in [0, 0.05) is 18.2 Å². The Hall–Kier alpha value is -1.13. The summed E-state index contributed by atoms with van der Waals surface area (Å²) in [7, 11) is 0. The molecular weight excluding hydrogens is 242 g/mol. The molecule has 0 fully saturated rings. The van der Waals surface area contributed by atoms with Gasteiger partial charge in [0.2, 0.25) is 0 Å². The molecule has 0 heterocycles. The molecule has 1 rings (SSSR count). The van der Waals surface area contributed by atoms with Gasteiger partial charge in [-0.25, -0.2) is 0 Å². The maximum absolute atomic E-state index is 9.60. The van der Waals surface area contributed by atoms with Crippen molar-refractivity contribution in [3.63, 3.8) is 0 Å². The third-order valence-corrected chi connectivity index (χ3v) is 2.61. The highest BCUT2D eigenvalue weighted by atomic mass is 35.5. The molecule has 1 aromatic rings. The first-order valence-electron chi connectivity index (χ1n) is 5.56. The number of hydrogen-bond donors (Lipinski definition) is 4. The third kappa shape index (κ3) is 4.32. The van der Waals surface area contributed by atoms with Gasteiger partial charge >= 0.3 is 0 Å². The first-order valence-corrected chi connectivity index (χ1v) is 5.56. The molecule has 98 valence electrons. The molecule has 1 aromatic carbocycles. The summed E-state index contributed by atoms with van der Waals surface area (Å²) in [6.45, 7) is 2.10. The largest absolute Gasteiger partial charge is 0.508 e. The van der Waals surface area contributed by atoms with Gasteiger partial charge in [-0.1, -0.05) is 26.2 Å². The maximum Gasteiger partial charge on any atom is 0.127 e. The summed E-state index contributed by atoms with van der Waals surface area (Å²) >= 11 is 0. The number of rotatable bonds is 5. The fourth-order valence-electron chi connectivity index (χ4n) is 1.75. The predicted molar refractivity (Wildman–Crippen MR) is 69.8 cm³/mol. The summed E-state index contributed by atoms with van der Waals surface area (Å²) < 4.78 is 0. The standard InChI is InChI=1S/C12H19NO3.ClH/c1-2-3-4-5-9(13)12-10(15)6-8(14)7-11(12)16;/h6-7,9,14-16H,2-5,13H2,1H3;1H/t9-;/m0./s1. The van der Waals surface area contributed by atoms with E-state index in [-0.39, 0.29) is 29.7 Å². The quantitative estimate of drug-likeness (QED) is 0.614. The van der Waals surface area contributed by atoms with Gasteiger partial charge < -0.3 is 21.1 Å². The molecule has 5 N–H and O–H groups in total. The predicted octanol–water partition coefficient (Wildman–Crippen LogP) is 2.81. The fraction of sp³-hybridized carbons (Fsp3) is 0.500. The van der Waals surface area contributed by atoms with Gasteiger partial charge in [0.25, 0.3) is 0 Å². The van der Waals surface area contributed by atoms with Gasteiger partial charge in [-0.05, 0) is 6.42 Å². The lowest BCUT2D eigenvalue weighted by molar-refractivity contribution is 0.407. The average molecular weight is 262 g/mol. The van der Waals surface area contributed by atoms with Crippen molar-refractivity contribution in [1.29, 1.82) is 0 Å². The Morgan fingerprint density at radius 2 is 1.65 bits per heavy atom. The van der Waals surface area contributed by atoms with Crippen LogP contribution in [0.4, 0.5) is 0 Å². The zero-order valence-corrected chi connectivity index (χ0v) is 10.7. The SMILES string of the molecule is CCCCC[C@H](N)c1c(O)cc(O)cc1O.Cl. The highest BCUT2D eigenvalue weighted by Crippen LogP contribution is 2.37. The van der Waals surface area contributed by atoms with Crippen LogP contribution in [0.15, 0.2) is 12.1 Å². The van der Waals surface area contributed by atoms with Crippen molar-refractivity contribution in [3.05, 3.63) is 17.7 Å². The number of phenols is 3. The number of phenolic OH excluding ortho intramolecular Hbond substituents is 3. The first-order chi connectivity index (χ1) is 7.56. The van der Waals surface area contributed by atoms with E-state index in [9.17, 15) is 10.2 Å². The Bertz CT molecular complexity index is 335. The van der Waals surface area contributed by atoms with Crippen LogP contribution in [0.3, 0.4) is 0 Å². The van der Waals surface area contributed by atoms with Crippen LogP contribution < -0.4 is 5.73 Å². The van der Waals surface area contributed by atoms with Crippen molar-refractivity contribution < 1.29 is 15.3 Å². The van der Waals surface area contributed by atoms with Gasteiger partial charge in [0.05, 0.1) is 5.56 Å². The monoisotopic (exact) mass is 261 g/mol. The molecule has 0 spiro atoms. The van der Waals surface area contributed by atoms with Crippen LogP contribution in [-0.2, 0) is 0 Å². The minimum absolute atomic E-state index is 0. The van der Waals surface area contributed by atoms with E-state index in [0.29, 0.717) is 12.0 Å². The molecule has 0 bridgehead atoms. The molecule has 0 aliphatic rings. The molecule has 4 nitrogen and oxygen atoms in total. The second kappa shape index (κ2) is 7.25. The molecule has 5 heteroatoms. The van der Waals surface area contributed by atoms with Crippen LogP contribution >= 0.6 is 12.4 Å². The van der Waals surface area contributed by atoms with E-state index in [1.54, 1.807) is 0 Å². The Morgan fingerprint density at radius 1 is 1.12 bits per heavy atom. The molecule has 1 atom stereocenters. The average Bonchev–Trinajstić information content (AvgIpc) is 2.16. The number of halogens is 1. The van der Waals surface area contributed by atoms with Crippen molar-refractivity contribution in [1.82, 2.24) is 0 Å². The lowest BCUT2D eigenvalue weighted by Crippen LogP contribution is -2.10. The Morgan fingerprint density at radius 3 is 2.12 bits per heavy atom. The third-order valence-electron chi connectivity index (χ3n) is 2.61. The topological polar surface area (TPSA) is 86.7 Å². The van der Waals surface area contributed by atoms with Gasteiger partial charge in [0.15, 0.2) is 0 Å². The van der Waals surface area contributed by atoms with E-state index in [2.05, 4.69) is 6.92 Å². The minimum Gasteiger partial charge on any atom is -0.508 e. The number of hydrogen-bond acceptors (Lipinski definition) is 4. The van der Waals surface area contributed by atoms with Crippen molar-refractivity contribution in [2.45, 2.75) is 38.6 Å². The van der Waals surface area contributed by atoms with E-state index in [4.69, 9.17) is 10.8 Å². The Kier molecular flexibility index (Phi) is 6.76. The Balaban J connectivity index is 0.00000256. The zero-order valence-electron chi connectivity index (χ0n) is 9.89. The number of aromatic hydroxyl groups is 3. The Labute approximate surface area is 107 Å². The number of unbranched alkanes of at least 4 members (excludes halogenated alkanes) is 2. The van der Waals surface area contributed by atoms with Crippen molar-refractivity contribution in [2.75, 3.05) is 0 Å². The van der Waals surface area contributed by atoms with Crippen LogP contribution in [-0.4, -0.2) is 15.3 Å². The van der Waals surface area contributed by atoms with Crippen molar-refractivity contribution in [3.8, 4) is 17.2 Å². The van der Waals surface area contributed by atoms with Crippen molar-refractivity contribution >= 4 is 12.4 Å².